The minimum atomic E-state index is -0.510. The minimum Gasteiger partial charge on any atom is -0.507 e. The fourth-order valence-electron chi connectivity index (χ4n) is 1.69. The molecule has 0 saturated heterocycles. The van der Waals surface area contributed by atoms with E-state index in [1.165, 1.54) is 12.1 Å². The van der Waals surface area contributed by atoms with Crippen LogP contribution < -0.4 is 5.73 Å². The highest BCUT2D eigenvalue weighted by molar-refractivity contribution is 5.85. The molecule has 1 aromatic carbocycles. The fourth-order valence-corrected chi connectivity index (χ4v) is 1.69. The third-order valence-corrected chi connectivity index (χ3v) is 2.56. The highest BCUT2D eigenvalue weighted by Gasteiger charge is 2.23. The Kier molecular flexibility index (Phi) is 5.91. The summed E-state index contributed by atoms with van der Waals surface area (Å²) in [7, 11) is 0. The van der Waals surface area contributed by atoms with E-state index in [1.54, 1.807) is 6.92 Å². The molecule has 0 heterocycles. The van der Waals surface area contributed by atoms with Gasteiger partial charge in [-0.05, 0) is 25.0 Å². The van der Waals surface area contributed by atoms with Gasteiger partial charge >= 0.3 is 0 Å². The molecule has 1 aromatic rings. The standard InChI is InChI=1S/C11H16N2O3.ClH/c1-3-4-8(12)10-9(13(15)16)6-5-7(2)11(10)14;/h5-6,8,14H,3-4,12H2,1-2H3;1H/t8-;/m1./s1. The van der Waals surface area contributed by atoms with Crippen LogP contribution in [-0.2, 0) is 0 Å². The van der Waals surface area contributed by atoms with Crippen molar-refractivity contribution < 1.29 is 10.0 Å². The fraction of sp³-hybridized carbons (Fsp3) is 0.455. The molecule has 96 valence electrons. The van der Waals surface area contributed by atoms with Gasteiger partial charge in [-0.25, -0.2) is 0 Å². The van der Waals surface area contributed by atoms with E-state index in [0.717, 1.165) is 6.42 Å². The summed E-state index contributed by atoms with van der Waals surface area (Å²) in [5.74, 6) is -0.0600. The molecule has 5 nitrogen and oxygen atoms in total. The van der Waals surface area contributed by atoms with Gasteiger partial charge in [0.15, 0.2) is 0 Å². The molecular weight excluding hydrogens is 244 g/mol. The Morgan fingerprint density at radius 3 is 2.59 bits per heavy atom. The van der Waals surface area contributed by atoms with Crippen LogP contribution in [0.1, 0.15) is 36.9 Å². The van der Waals surface area contributed by atoms with Gasteiger partial charge in [0.25, 0.3) is 5.69 Å². The highest BCUT2D eigenvalue weighted by atomic mass is 35.5. The van der Waals surface area contributed by atoms with E-state index < -0.39 is 11.0 Å². The van der Waals surface area contributed by atoms with Crippen molar-refractivity contribution in [1.82, 2.24) is 0 Å². The summed E-state index contributed by atoms with van der Waals surface area (Å²) in [5, 5.41) is 20.7. The van der Waals surface area contributed by atoms with Crippen molar-refractivity contribution >= 4 is 18.1 Å². The smallest absolute Gasteiger partial charge is 0.277 e. The molecule has 0 aliphatic carbocycles. The van der Waals surface area contributed by atoms with Gasteiger partial charge in [0.05, 0.1) is 10.5 Å². The zero-order valence-electron chi connectivity index (χ0n) is 9.84. The van der Waals surface area contributed by atoms with Gasteiger partial charge in [-0.3, -0.25) is 10.1 Å². The molecule has 1 rings (SSSR count). The number of rotatable bonds is 4. The van der Waals surface area contributed by atoms with Crippen LogP contribution in [0.2, 0.25) is 0 Å². The SMILES string of the molecule is CCC[C@@H](N)c1c([N+](=O)[O-])ccc(C)c1O.Cl. The van der Waals surface area contributed by atoms with Crippen LogP contribution in [0.15, 0.2) is 12.1 Å². The van der Waals surface area contributed by atoms with Crippen LogP contribution in [0.25, 0.3) is 0 Å². The first-order chi connectivity index (χ1) is 7.49. The summed E-state index contributed by atoms with van der Waals surface area (Å²) in [6.45, 7) is 3.64. The number of nitro benzene ring substituents is 1. The quantitative estimate of drug-likeness (QED) is 0.643. The maximum absolute atomic E-state index is 10.8. The monoisotopic (exact) mass is 260 g/mol. The Labute approximate surface area is 106 Å². The van der Waals surface area contributed by atoms with Crippen molar-refractivity contribution in [2.45, 2.75) is 32.7 Å². The molecule has 0 aliphatic rings. The van der Waals surface area contributed by atoms with Crippen molar-refractivity contribution in [2.75, 3.05) is 0 Å². The summed E-state index contributed by atoms with van der Waals surface area (Å²) in [6.07, 6.45) is 1.42. The summed E-state index contributed by atoms with van der Waals surface area (Å²) >= 11 is 0. The van der Waals surface area contributed by atoms with Gasteiger partial charge in [0.2, 0.25) is 0 Å². The van der Waals surface area contributed by atoms with Crippen molar-refractivity contribution in [1.29, 1.82) is 0 Å². The molecular formula is C11H17ClN2O3. The number of phenols is 1. The predicted octanol–water partition coefficient (Wildman–Crippen LogP) is 2.83. The van der Waals surface area contributed by atoms with Gasteiger partial charge in [-0.2, -0.15) is 0 Å². The number of nitro groups is 1. The molecule has 0 saturated carbocycles. The van der Waals surface area contributed by atoms with E-state index in [0.29, 0.717) is 12.0 Å². The first kappa shape index (κ1) is 15.7. The minimum absolute atomic E-state index is 0. The number of hydrogen-bond acceptors (Lipinski definition) is 4. The highest BCUT2D eigenvalue weighted by Crippen LogP contribution is 2.36. The Morgan fingerprint density at radius 2 is 2.12 bits per heavy atom. The van der Waals surface area contributed by atoms with Crippen LogP contribution in [0.3, 0.4) is 0 Å². The molecule has 17 heavy (non-hydrogen) atoms. The molecule has 0 fully saturated rings. The number of nitrogens with zero attached hydrogens (tertiary/aromatic N) is 1. The molecule has 3 N–H and O–H groups in total. The lowest BCUT2D eigenvalue weighted by molar-refractivity contribution is -0.385. The zero-order valence-corrected chi connectivity index (χ0v) is 10.7. The van der Waals surface area contributed by atoms with Gasteiger partial charge in [0.1, 0.15) is 5.75 Å². The second kappa shape index (κ2) is 6.42. The molecule has 6 heteroatoms. The van der Waals surface area contributed by atoms with E-state index >= 15 is 0 Å². The molecule has 0 aromatic heterocycles. The van der Waals surface area contributed by atoms with E-state index in [9.17, 15) is 15.2 Å². The lowest BCUT2D eigenvalue weighted by Crippen LogP contribution is -2.12. The Morgan fingerprint density at radius 1 is 1.53 bits per heavy atom. The molecule has 0 bridgehead atoms. The predicted molar refractivity (Wildman–Crippen MR) is 68.6 cm³/mol. The number of hydrogen-bond donors (Lipinski definition) is 2. The van der Waals surface area contributed by atoms with Gasteiger partial charge in [-0.15, -0.1) is 12.4 Å². The van der Waals surface area contributed by atoms with Crippen LogP contribution in [0.4, 0.5) is 5.69 Å². The van der Waals surface area contributed by atoms with E-state index in [2.05, 4.69) is 0 Å². The molecule has 0 aliphatic heterocycles. The summed E-state index contributed by atoms with van der Waals surface area (Å²) in [4.78, 5) is 10.3. The molecule has 0 amide bonds. The number of aryl methyl sites for hydroxylation is 1. The normalized spacial score (nSPS) is 11.7. The number of halogens is 1. The topological polar surface area (TPSA) is 89.4 Å². The van der Waals surface area contributed by atoms with Crippen molar-refractivity contribution in [3.63, 3.8) is 0 Å². The lowest BCUT2D eigenvalue weighted by Gasteiger charge is -2.14. The van der Waals surface area contributed by atoms with Crippen LogP contribution in [-0.4, -0.2) is 10.0 Å². The lowest BCUT2D eigenvalue weighted by atomic mass is 9.98. The van der Waals surface area contributed by atoms with Gasteiger partial charge in [-0.1, -0.05) is 13.3 Å². The van der Waals surface area contributed by atoms with Crippen LogP contribution in [0.5, 0.6) is 5.75 Å². The van der Waals surface area contributed by atoms with Gasteiger partial charge < -0.3 is 10.8 Å². The van der Waals surface area contributed by atoms with E-state index in [-0.39, 0.29) is 29.4 Å². The maximum Gasteiger partial charge on any atom is 0.277 e. The second-order valence-corrected chi connectivity index (χ2v) is 3.82. The van der Waals surface area contributed by atoms with Crippen LogP contribution in [0, 0.1) is 17.0 Å². The maximum atomic E-state index is 10.8. The average Bonchev–Trinajstić information content (AvgIpc) is 2.21. The Balaban J connectivity index is 0.00000256. The van der Waals surface area contributed by atoms with Crippen molar-refractivity contribution in [3.05, 3.63) is 33.4 Å². The molecule has 0 spiro atoms. The summed E-state index contributed by atoms with van der Waals surface area (Å²) in [5.41, 5.74) is 6.59. The van der Waals surface area contributed by atoms with Crippen LogP contribution >= 0.6 is 12.4 Å². The largest absolute Gasteiger partial charge is 0.507 e. The Bertz CT molecular complexity index is 410. The average molecular weight is 261 g/mol. The first-order valence-corrected chi connectivity index (χ1v) is 5.21. The Hall–Kier alpha value is -1.33. The van der Waals surface area contributed by atoms with Crippen molar-refractivity contribution in [3.8, 4) is 5.75 Å². The van der Waals surface area contributed by atoms with E-state index in [1.807, 2.05) is 6.92 Å². The third-order valence-electron chi connectivity index (χ3n) is 2.56. The number of nitrogens with two attached hydrogens (primary N) is 1. The molecule has 1 atom stereocenters. The first-order valence-electron chi connectivity index (χ1n) is 5.21. The summed E-state index contributed by atoms with van der Waals surface area (Å²) < 4.78 is 0. The number of benzene rings is 1. The van der Waals surface area contributed by atoms with E-state index in [4.69, 9.17) is 5.73 Å². The summed E-state index contributed by atoms with van der Waals surface area (Å²) in [6, 6.07) is 2.42. The molecule has 0 radical (unpaired) electrons. The zero-order chi connectivity index (χ0) is 12.3. The number of aromatic hydroxyl groups is 1. The number of phenolic OH excluding ortho intramolecular Hbond substituents is 1. The van der Waals surface area contributed by atoms with Gasteiger partial charge in [0, 0.05) is 12.1 Å². The molecule has 0 unspecified atom stereocenters. The second-order valence-electron chi connectivity index (χ2n) is 3.82. The van der Waals surface area contributed by atoms with Crippen molar-refractivity contribution in [2.24, 2.45) is 5.73 Å². The third kappa shape index (κ3) is 3.31.